The zero-order chi connectivity index (χ0) is 19.1. The van der Waals surface area contributed by atoms with Gasteiger partial charge in [-0.05, 0) is 36.4 Å². The highest BCUT2D eigenvalue weighted by Crippen LogP contribution is 2.39. The van der Waals surface area contributed by atoms with Gasteiger partial charge >= 0.3 is 6.18 Å². The molecule has 0 aliphatic carbocycles. The molecule has 0 aliphatic rings. The molecule has 0 unspecified atom stereocenters. The number of phenolic OH excluding ortho intramolecular Hbond substituents is 1. The lowest BCUT2D eigenvalue weighted by atomic mass is 9.94. The topological polar surface area (TPSA) is 82.5 Å². The molecule has 5 nitrogen and oxygen atoms in total. The Hall–Kier alpha value is -2.87. The first-order valence-corrected chi connectivity index (χ1v) is 7.64. The quantitative estimate of drug-likeness (QED) is 0.636. The van der Waals surface area contributed by atoms with E-state index in [1.807, 2.05) is 0 Å². The normalized spacial score (nSPS) is 11.7. The van der Waals surface area contributed by atoms with E-state index in [1.165, 1.54) is 18.2 Å². The predicted octanol–water partition coefficient (Wildman–Crippen LogP) is 4.84. The molecule has 0 fully saturated rings. The van der Waals surface area contributed by atoms with Crippen LogP contribution in [0.2, 0.25) is 5.02 Å². The van der Waals surface area contributed by atoms with E-state index in [1.54, 1.807) is 0 Å². The lowest BCUT2D eigenvalue weighted by Crippen LogP contribution is -2.15. The molecule has 26 heavy (non-hydrogen) atoms. The van der Waals surface area contributed by atoms with Gasteiger partial charge in [0.25, 0.3) is 5.56 Å². The molecule has 0 bridgehead atoms. The summed E-state index contributed by atoms with van der Waals surface area (Å²) < 4.78 is 39.3. The van der Waals surface area contributed by atoms with Crippen molar-refractivity contribution in [2.24, 2.45) is 5.18 Å². The fourth-order valence-electron chi connectivity index (χ4n) is 2.74. The number of phenols is 1. The van der Waals surface area contributed by atoms with Crippen molar-refractivity contribution in [2.45, 2.75) is 12.7 Å². The number of nitrogens with zero attached hydrogens (tertiary/aromatic N) is 1. The first-order valence-electron chi connectivity index (χ1n) is 7.26. The van der Waals surface area contributed by atoms with Crippen LogP contribution in [0.5, 0.6) is 5.75 Å². The molecule has 0 amide bonds. The molecule has 0 aliphatic heterocycles. The number of halogens is 4. The molecule has 1 heterocycles. The molecular formula is C17H10ClF3N2O3. The van der Waals surface area contributed by atoms with Crippen LogP contribution in [-0.2, 0) is 12.7 Å². The molecule has 0 spiro atoms. The van der Waals surface area contributed by atoms with Crippen molar-refractivity contribution in [2.75, 3.05) is 0 Å². The monoisotopic (exact) mass is 382 g/mol. The molecule has 0 radical (unpaired) electrons. The Morgan fingerprint density at radius 1 is 1.15 bits per heavy atom. The summed E-state index contributed by atoms with van der Waals surface area (Å²) in [6, 6.07) is 6.72. The maximum absolute atomic E-state index is 13.1. The highest BCUT2D eigenvalue weighted by atomic mass is 35.5. The van der Waals surface area contributed by atoms with Crippen molar-refractivity contribution < 1.29 is 18.3 Å². The fraction of sp³-hybridized carbons (Fsp3) is 0.118. The smallest absolute Gasteiger partial charge is 0.416 e. The van der Waals surface area contributed by atoms with Crippen molar-refractivity contribution in [3.8, 4) is 16.9 Å². The zero-order valence-corrected chi connectivity index (χ0v) is 13.6. The van der Waals surface area contributed by atoms with Crippen molar-refractivity contribution in [1.29, 1.82) is 0 Å². The van der Waals surface area contributed by atoms with Crippen LogP contribution in [0.15, 0.2) is 46.4 Å². The number of H-pyrrole nitrogens is 1. The summed E-state index contributed by atoms with van der Waals surface area (Å²) in [5, 5.41) is 13.0. The van der Waals surface area contributed by atoms with E-state index in [4.69, 9.17) is 11.6 Å². The predicted molar refractivity (Wildman–Crippen MR) is 91.2 cm³/mol. The molecule has 3 rings (SSSR count). The van der Waals surface area contributed by atoms with Gasteiger partial charge in [0, 0.05) is 27.1 Å². The molecule has 1 aromatic heterocycles. The molecule has 0 atom stereocenters. The number of benzene rings is 2. The van der Waals surface area contributed by atoms with Crippen LogP contribution in [0.1, 0.15) is 11.1 Å². The van der Waals surface area contributed by atoms with Gasteiger partial charge < -0.3 is 10.1 Å². The SMILES string of the molecule is O=NCc1c(-c2cc(Cl)ccc2O)c2cc(C(F)(F)F)ccc2[nH]c1=O. The minimum Gasteiger partial charge on any atom is -0.507 e. The lowest BCUT2D eigenvalue weighted by molar-refractivity contribution is -0.137. The van der Waals surface area contributed by atoms with Crippen LogP contribution in [0, 0.1) is 4.91 Å². The number of fused-ring (bicyclic) bond motifs is 1. The van der Waals surface area contributed by atoms with Gasteiger partial charge in [0.15, 0.2) is 0 Å². The largest absolute Gasteiger partial charge is 0.507 e. The minimum atomic E-state index is -4.61. The van der Waals surface area contributed by atoms with Gasteiger partial charge in [-0.1, -0.05) is 16.8 Å². The number of aromatic hydroxyl groups is 1. The molecule has 9 heteroatoms. The van der Waals surface area contributed by atoms with E-state index in [9.17, 15) is 28.0 Å². The Bertz CT molecular complexity index is 1080. The number of aromatic nitrogens is 1. The summed E-state index contributed by atoms with van der Waals surface area (Å²) in [5.41, 5.74) is -1.66. The highest BCUT2D eigenvalue weighted by molar-refractivity contribution is 6.31. The van der Waals surface area contributed by atoms with E-state index in [-0.39, 0.29) is 38.4 Å². The van der Waals surface area contributed by atoms with Crippen molar-refractivity contribution >= 4 is 22.5 Å². The summed E-state index contributed by atoms with van der Waals surface area (Å²) in [6.45, 7) is -0.581. The van der Waals surface area contributed by atoms with Crippen LogP contribution in [0.4, 0.5) is 13.2 Å². The van der Waals surface area contributed by atoms with Crippen LogP contribution in [0.3, 0.4) is 0 Å². The number of hydrogen-bond acceptors (Lipinski definition) is 4. The van der Waals surface area contributed by atoms with E-state index >= 15 is 0 Å². The van der Waals surface area contributed by atoms with Gasteiger partial charge in [0.05, 0.1) is 11.1 Å². The van der Waals surface area contributed by atoms with Gasteiger partial charge in [-0.25, -0.2) is 0 Å². The van der Waals surface area contributed by atoms with Crippen molar-refractivity contribution in [1.82, 2.24) is 4.98 Å². The second kappa shape index (κ2) is 6.45. The standard InChI is InChI=1S/C17H10ClF3N2O3/c18-9-2-4-14(24)11(6-9)15-10-5-8(17(19,20)21)1-3-13(10)23-16(25)12(15)7-22-26/h1-6,24H,7H2,(H,23,25). The molecule has 2 aromatic carbocycles. The molecule has 134 valence electrons. The second-order valence-electron chi connectivity index (χ2n) is 5.51. The molecule has 0 saturated carbocycles. The van der Waals surface area contributed by atoms with Gasteiger partial charge in [-0.2, -0.15) is 18.1 Å². The maximum atomic E-state index is 13.1. The third-order valence-electron chi connectivity index (χ3n) is 3.89. The molecule has 0 saturated heterocycles. The van der Waals surface area contributed by atoms with Crippen LogP contribution in [0.25, 0.3) is 22.0 Å². The van der Waals surface area contributed by atoms with Crippen LogP contribution < -0.4 is 5.56 Å². The van der Waals surface area contributed by atoms with Gasteiger partial charge in [0.1, 0.15) is 12.3 Å². The van der Waals surface area contributed by atoms with Gasteiger partial charge in [0.2, 0.25) is 0 Å². The van der Waals surface area contributed by atoms with Gasteiger partial charge in [-0.3, -0.25) is 4.79 Å². The third-order valence-corrected chi connectivity index (χ3v) is 4.13. The lowest BCUT2D eigenvalue weighted by Gasteiger charge is -2.15. The summed E-state index contributed by atoms with van der Waals surface area (Å²) in [4.78, 5) is 25.5. The number of alkyl halides is 3. The molecule has 3 aromatic rings. The molecular weight excluding hydrogens is 373 g/mol. The first kappa shape index (κ1) is 17.9. The minimum absolute atomic E-state index is 0.00985. The van der Waals surface area contributed by atoms with Crippen molar-refractivity contribution in [3.05, 3.63) is 67.8 Å². The average Bonchev–Trinajstić information content (AvgIpc) is 2.57. The Morgan fingerprint density at radius 3 is 2.54 bits per heavy atom. The zero-order valence-electron chi connectivity index (χ0n) is 12.9. The van der Waals surface area contributed by atoms with E-state index in [0.717, 1.165) is 18.2 Å². The molecule has 2 N–H and O–H groups in total. The van der Waals surface area contributed by atoms with E-state index < -0.39 is 23.8 Å². The first-order chi connectivity index (χ1) is 12.2. The number of aromatic amines is 1. The number of nitroso groups, excluding NO2 is 1. The Balaban J connectivity index is 2.49. The summed E-state index contributed by atoms with van der Waals surface area (Å²) in [6.07, 6.45) is -4.61. The van der Waals surface area contributed by atoms with Crippen molar-refractivity contribution in [3.63, 3.8) is 0 Å². The number of hydrogen-bond donors (Lipinski definition) is 2. The van der Waals surface area contributed by atoms with E-state index in [2.05, 4.69) is 10.2 Å². The van der Waals surface area contributed by atoms with Crippen LogP contribution >= 0.6 is 11.6 Å². The number of pyridine rings is 1. The summed E-state index contributed by atoms with van der Waals surface area (Å²) >= 11 is 5.93. The van der Waals surface area contributed by atoms with E-state index in [0.29, 0.717) is 0 Å². The number of nitrogens with one attached hydrogen (secondary N) is 1. The number of rotatable bonds is 3. The second-order valence-corrected chi connectivity index (χ2v) is 5.95. The average molecular weight is 383 g/mol. The Labute approximate surface area is 149 Å². The summed E-state index contributed by atoms with van der Waals surface area (Å²) in [7, 11) is 0. The van der Waals surface area contributed by atoms with Gasteiger partial charge in [-0.15, -0.1) is 0 Å². The Kier molecular flexibility index (Phi) is 4.45. The third kappa shape index (κ3) is 3.15. The van der Waals surface area contributed by atoms with Crippen LogP contribution in [-0.4, -0.2) is 10.1 Å². The highest BCUT2D eigenvalue weighted by Gasteiger charge is 2.31. The summed E-state index contributed by atoms with van der Waals surface area (Å²) in [5.74, 6) is -0.300. The Morgan fingerprint density at radius 2 is 1.88 bits per heavy atom. The fourth-order valence-corrected chi connectivity index (χ4v) is 2.91. The maximum Gasteiger partial charge on any atom is 0.416 e.